The first-order valence-electron chi connectivity index (χ1n) is 5.09. The van der Waals surface area contributed by atoms with Crippen LogP contribution in [0.3, 0.4) is 0 Å². The molecule has 0 unspecified atom stereocenters. The number of rotatable bonds is 5. The molecule has 16 heavy (non-hydrogen) atoms. The lowest BCUT2D eigenvalue weighted by atomic mass is 10.0. The third-order valence-electron chi connectivity index (χ3n) is 2.18. The van der Waals surface area contributed by atoms with Crippen LogP contribution in [0.4, 0.5) is 0 Å². The predicted octanol–water partition coefficient (Wildman–Crippen LogP) is 0.696. The molecule has 0 spiro atoms. The number of carbonyl (C=O) groups excluding carboxylic acids is 1. The van der Waals surface area contributed by atoms with Crippen molar-refractivity contribution in [3.63, 3.8) is 0 Å². The summed E-state index contributed by atoms with van der Waals surface area (Å²) >= 11 is 0. The number of pyridine rings is 1. The van der Waals surface area contributed by atoms with E-state index in [0.717, 1.165) is 5.56 Å². The predicted molar refractivity (Wildman–Crippen MR) is 59.2 cm³/mol. The van der Waals surface area contributed by atoms with E-state index in [-0.39, 0.29) is 12.5 Å². The van der Waals surface area contributed by atoms with Crippen LogP contribution in [-0.4, -0.2) is 31.2 Å². The molecular formula is C11H16N2O3. The lowest BCUT2D eigenvalue weighted by Crippen LogP contribution is -2.23. The van der Waals surface area contributed by atoms with Crippen molar-refractivity contribution >= 4 is 5.97 Å². The van der Waals surface area contributed by atoms with Gasteiger partial charge in [0.15, 0.2) is 0 Å². The molecule has 0 aliphatic heterocycles. The van der Waals surface area contributed by atoms with E-state index >= 15 is 0 Å². The van der Waals surface area contributed by atoms with Crippen molar-refractivity contribution in [1.82, 2.24) is 4.98 Å². The highest BCUT2D eigenvalue weighted by Crippen LogP contribution is 2.17. The van der Waals surface area contributed by atoms with Crippen molar-refractivity contribution in [3.8, 4) is 5.88 Å². The molecule has 0 fully saturated rings. The number of nitrogens with two attached hydrogens (primary N) is 1. The van der Waals surface area contributed by atoms with E-state index < -0.39 is 5.92 Å². The van der Waals surface area contributed by atoms with Gasteiger partial charge in [-0.15, -0.1) is 0 Å². The fourth-order valence-electron chi connectivity index (χ4n) is 1.33. The van der Waals surface area contributed by atoms with Gasteiger partial charge in [0, 0.05) is 18.8 Å². The van der Waals surface area contributed by atoms with E-state index in [2.05, 4.69) is 4.98 Å². The number of hydrogen-bond acceptors (Lipinski definition) is 5. The van der Waals surface area contributed by atoms with Crippen LogP contribution >= 0.6 is 0 Å². The van der Waals surface area contributed by atoms with Gasteiger partial charge < -0.3 is 15.2 Å². The fourth-order valence-corrected chi connectivity index (χ4v) is 1.33. The smallest absolute Gasteiger partial charge is 0.314 e. The Balaban J connectivity index is 2.82. The maximum absolute atomic E-state index is 11.6. The average molecular weight is 224 g/mol. The van der Waals surface area contributed by atoms with Crippen LogP contribution in [0.25, 0.3) is 0 Å². The number of ether oxygens (including phenoxy) is 2. The summed E-state index contributed by atoms with van der Waals surface area (Å²) in [6.07, 6.45) is 1.58. The van der Waals surface area contributed by atoms with E-state index in [0.29, 0.717) is 12.5 Å². The summed E-state index contributed by atoms with van der Waals surface area (Å²) in [5.41, 5.74) is 6.28. The molecule has 5 nitrogen and oxygen atoms in total. The molecule has 1 aromatic heterocycles. The normalized spacial score (nSPS) is 11.9. The third kappa shape index (κ3) is 2.93. The van der Waals surface area contributed by atoms with Crippen LogP contribution in [0.15, 0.2) is 18.3 Å². The highest BCUT2D eigenvalue weighted by atomic mass is 16.5. The summed E-state index contributed by atoms with van der Waals surface area (Å²) in [5, 5.41) is 0. The Bertz CT molecular complexity index is 338. The second-order valence-electron chi connectivity index (χ2n) is 3.17. The van der Waals surface area contributed by atoms with E-state index in [9.17, 15) is 4.79 Å². The summed E-state index contributed by atoms with van der Waals surface area (Å²) in [6, 6.07) is 3.46. The van der Waals surface area contributed by atoms with E-state index in [1.165, 1.54) is 7.11 Å². The molecule has 0 amide bonds. The second-order valence-corrected chi connectivity index (χ2v) is 3.17. The first kappa shape index (κ1) is 12.4. The molecule has 2 N–H and O–H groups in total. The summed E-state index contributed by atoms with van der Waals surface area (Å²) < 4.78 is 9.86. The Hall–Kier alpha value is -1.62. The summed E-state index contributed by atoms with van der Waals surface area (Å²) in [6.45, 7) is 2.31. The van der Waals surface area contributed by atoms with Gasteiger partial charge in [0.25, 0.3) is 0 Å². The van der Waals surface area contributed by atoms with Crippen molar-refractivity contribution in [2.45, 2.75) is 12.8 Å². The Labute approximate surface area is 94.6 Å². The van der Waals surface area contributed by atoms with Gasteiger partial charge in [0.2, 0.25) is 5.88 Å². The molecule has 0 radical (unpaired) electrons. The Morgan fingerprint density at radius 2 is 2.31 bits per heavy atom. The summed E-state index contributed by atoms with van der Waals surface area (Å²) in [4.78, 5) is 15.6. The number of carbonyl (C=O) groups is 1. The van der Waals surface area contributed by atoms with Crippen molar-refractivity contribution in [2.24, 2.45) is 5.73 Å². The molecule has 1 rings (SSSR count). The van der Waals surface area contributed by atoms with E-state index in [1.807, 2.05) is 0 Å². The first-order chi connectivity index (χ1) is 7.72. The molecule has 0 aliphatic rings. The SMILES string of the molecule is CCOC(=O)[C@H](CN)c1ccc(OC)nc1. The lowest BCUT2D eigenvalue weighted by molar-refractivity contribution is -0.144. The van der Waals surface area contributed by atoms with Crippen molar-refractivity contribution < 1.29 is 14.3 Å². The maximum Gasteiger partial charge on any atom is 0.314 e. The number of nitrogens with zero attached hydrogens (tertiary/aromatic N) is 1. The van der Waals surface area contributed by atoms with Crippen LogP contribution in [-0.2, 0) is 9.53 Å². The van der Waals surface area contributed by atoms with E-state index in [4.69, 9.17) is 15.2 Å². The standard InChI is InChI=1S/C11H16N2O3/c1-3-16-11(14)9(6-12)8-4-5-10(15-2)13-7-8/h4-5,7,9H,3,6,12H2,1-2H3/t9-/m1/s1. The average Bonchev–Trinajstić information content (AvgIpc) is 2.31. The lowest BCUT2D eigenvalue weighted by Gasteiger charge is -2.13. The number of esters is 1. The van der Waals surface area contributed by atoms with Gasteiger partial charge in [-0.2, -0.15) is 0 Å². The topological polar surface area (TPSA) is 74.4 Å². The Morgan fingerprint density at radius 3 is 2.75 bits per heavy atom. The number of aromatic nitrogens is 1. The largest absolute Gasteiger partial charge is 0.481 e. The van der Waals surface area contributed by atoms with Gasteiger partial charge in [-0.05, 0) is 12.5 Å². The zero-order valence-corrected chi connectivity index (χ0v) is 9.47. The maximum atomic E-state index is 11.6. The van der Waals surface area contributed by atoms with Crippen LogP contribution in [0.2, 0.25) is 0 Å². The summed E-state index contributed by atoms with van der Waals surface area (Å²) in [5.74, 6) is -0.279. The van der Waals surface area contributed by atoms with Crippen LogP contribution in [0.1, 0.15) is 18.4 Å². The van der Waals surface area contributed by atoms with Crippen LogP contribution in [0.5, 0.6) is 5.88 Å². The summed E-state index contributed by atoms with van der Waals surface area (Å²) in [7, 11) is 1.54. The minimum absolute atomic E-state index is 0.201. The molecule has 1 heterocycles. The van der Waals surface area contributed by atoms with E-state index in [1.54, 1.807) is 25.3 Å². The van der Waals surface area contributed by atoms with Gasteiger partial charge in [-0.1, -0.05) is 6.07 Å². The van der Waals surface area contributed by atoms with Gasteiger partial charge in [0.05, 0.1) is 19.6 Å². The van der Waals surface area contributed by atoms with Crippen LogP contribution < -0.4 is 10.5 Å². The molecule has 88 valence electrons. The molecule has 0 aromatic carbocycles. The second kappa shape index (κ2) is 6.07. The quantitative estimate of drug-likeness (QED) is 0.745. The Kier molecular flexibility index (Phi) is 4.72. The minimum Gasteiger partial charge on any atom is -0.481 e. The zero-order chi connectivity index (χ0) is 12.0. The molecule has 0 bridgehead atoms. The highest BCUT2D eigenvalue weighted by molar-refractivity contribution is 5.78. The molecule has 1 atom stereocenters. The molecule has 5 heteroatoms. The van der Waals surface area contributed by atoms with Gasteiger partial charge in [0.1, 0.15) is 0 Å². The van der Waals surface area contributed by atoms with Gasteiger partial charge in [-0.3, -0.25) is 4.79 Å². The van der Waals surface area contributed by atoms with Crippen molar-refractivity contribution in [2.75, 3.05) is 20.3 Å². The Morgan fingerprint density at radius 1 is 1.56 bits per heavy atom. The van der Waals surface area contributed by atoms with Crippen molar-refractivity contribution in [1.29, 1.82) is 0 Å². The van der Waals surface area contributed by atoms with Gasteiger partial charge in [-0.25, -0.2) is 4.98 Å². The van der Waals surface area contributed by atoms with Crippen molar-refractivity contribution in [3.05, 3.63) is 23.9 Å². The van der Waals surface area contributed by atoms with Crippen LogP contribution in [0, 0.1) is 0 Å². The minimum atomic E-state index is -0.460. The molecule has 0 saturated carbocycles. The third-order valence-corrected chi connectivity index (χ3v) is 2.18. The van der Waals surface area contributed by atoms with Gasteiger partial charge >= 0.3 is 5.97 Å². The highest BCUT2D eigenvalue weighted by Gasteiger charge is 2.20. The zero-order valence-electron chi connectivity index (χ0n) is 9.47. The number of methoxy groups -OCH3 is 1. The molecular weight excluding hydrogens is 208 g/mol. The first-order valence-corrected chi connectivity index (χ1v) is 5.09. The molecule has 0 saturated heterocycles. The molecule has 0 aliphatic carbocycles. The fraction of sp³-hybridized carbons (Fsp3) is 0.455. The monoisotopic (exact) mass is 224 g/mol. The molecule has 1 aromatic rings. The number of hydrogen-bond donors (Lipinski definition) is 1.